The molecule has 0 unspecified atom stereocenters. The molecule has 0 aliphatic heterocycles. The lowest BCUT2D eigenvalue weighted by Gasteiger charge is -2.26. The lowest BCUT2D eigenvalue weighted by molar-refractivity contribution is -0.114. The van der Waals surface area contributed by atoms with Crippen molar-refractivity contribution in [3.05, 3.63) is 29.5 Å². The Morgan fingerprint density at radius 2 is 1.57 bits per heavy atom. The number of carbonyl (C=O) groups excluding carboxylic acids is 1. The van der Waals surface area contributed by atoms with E-state index in [9.17, 15) is 10.1 Å². The monoisotopic (exact) mass is 524 g/mol. The highest BCUT2D eigenvalue weighted by Crippen LogP contribution is 2.34. The second-order valence-corrected chi connectivity index (χ2v) is 10.4. The Balaban J connectivity index is 2.18. The Morgan fingerprint density at radius 3 is 2.14 bits per heavy atom. The number of benzene rings is 1. The van der Waals surface area contributed by atoms with Crippen molar-refractivity contribution < 1.29 is 4.79 Å². The van der Waals surface area contributed by atoms with Gasteiger partial charge in [-0.25, -0.2) is 0 Å². The first-order valence-electron chi connectivity index (χ1n) is 13.9. The molecule has 37 heavy (non-hydrogen) atoms. The average molecular weight is 525 g/mol. The SMILES string of the molecule is CCCCCCCCN(CCCCCCCC)c1ccc(/N=N/c2snc(C)c2C#N)c(NC(C)=O)c1. The fourth-order valence-electron chi connectivity index (χ4n) is 4.29. The van der Waals surface area contributed by atoms with Gasteiger partial charge in [-0.15, -0.1) is 10.2 Å². The molecule has 0 aliphatic rings. The van der Waals surface area contributed by atoms with Crippen molar-refractivity contribution in [3.63, 3.8) is 0 Å². The fraction of sp³-hybridized carbons (Fsp3) is 0.621. The lowest BCUT2D eigenvalue weighted by Crippen LogP contribution is -2.26. The molecule has 7 nitrogen and oxygen atoms in total. The molecular formula is C29H44N6OS. The number of anilines is 2. The molecule has 0 aliphatic carbocycles. The molecule has 8 heteroatoms. The van der Waals surface area contributed by atoms with E-state index in [-0.39, 0.29) is 5.91 Å². The smallest absolute Gasteiger partial charge is 0.221 e. The summed E-state index contributed by atoms with van der Waals surface area (Å²) in [5.74, 6) is -0.154. The number of azo groups is 1. The molecule has 0 spiro atoms. The summed E-state index contributed by atoms with van der Waals surface area (Å²) in [5.41, 5.74) is 3.38. The molecule has 202 valence electrons. The number of nitrogens with one attached hydrogen (secondary N) is 1. The first kappa shape index (κ1) is 30.4. The summed E-state index contributed by atoms with van der Waals surface area (Å²) < 4.78 is 4.20. The molecule has 0 atom stereocenters. The molecule has 1 aromatic carbocycles. The third-order valence-electron chi connectivity index (χ3n) is 6.42. The van der Waals surface area contributed by atoms with Gasteiger partial charge in [0.15, 0.2) is 5.00 Å². The second-order valence-electron chi connectivity index (χ2n) is 9.67. The van der Waals surface area contributed by atoms with Gasteiger partial charge in [-0.05, 0) is 49.5 Å². The summed E-state index contributed by atoms with van der Waals surface area (Å²) in [6.45, 7) is 9.80. The Labute approximate surface area is 227 Å². The van der Waals surface area contributed by atoms with Crippen LogP contribution in [0.2, 0.25) is 0 Å². The Morgan fingerprint density at radius 1 is 0.973 bits per heavy atom. The van der Waals surface area contributed by atoms with Crippen molar-refractivity contribution in [2.45, 2.75) is 105 Å². The van der Waals surface area contributed by atoms with E-state index >= 15 is 0 Å². The molecule has 0 bridgehead atoms. The van der Waals surface area contributed by atoms with E-state index in [0.717, 1.165) is 43.2 Å². The van der Waals surface area contributed by atoms with Gasteiger partial charge in [0.2, 0.25) is 5.91 Å². The minimum absolute atomic E-state index is 0.154. The number of aryl methyl sites for hydroxylation is 1. The largest absolute Gasteiger partial charge is 0.371 e. The van der Waals surface area contributed by atoms with Crippen LogP contribution in [0.5, 0.6) is 0 Å². The molecule has 0 saturated heterocycles. The normalized spacial score (nSPS) is 11.1. The van der Waals surface area contributed by atoms with E-state index in [1.807, 2.05) is 12.1 Å². The topological polar surface area (TPSA) is 93.7 Å². The van der Waals surface area contributed by atoms with Crippen molar-refractivity contribution in [2.24, 2.45) is 10.2 Å². The molecule has 0 radical (unpaired) electrons. The van der Waals surface area contributed by atoms with Gasteiger partial charge in [-0.3, -0.25) is 4.79 Å². The fourth-order valence-corrected chi connectivity index (χ4v) is 4.96. The molecule has 2 rings (SSSR count). The van der Waals surface area contributed by atoms with E-state index in [1.54, 1.807) is 6.92 Å². The van der Waals surface area contributed by atoms with Gasteiger partial charge >= 0.3 is 0 Å². The number of carbonyl (C=O) groups is 1. The maximum atomic E-state index is 12.0. The quantitative estimate of drug-likeness (QED) is 0.155. The van der Waals surface area contributed by atoms with Crippen LogP contribution < -0.4 is 10.2 Å². The molecule has 1 aromatic heterocycles. The van der Waals surface area contributed by atoms with Crippen LogP contribution in [0.4, 0.5) is 22.1 Å². The summed E-state index contributed by atoms with van der Waals surface area (Å²) in [4.78, 5) is 14.4. The van der Waals surface area contributed by atoms with Crippen LogP contribution >= 0.6 is 11.5 Å². The molecule has 1 N–H and O–H groups in total. The second kappa shape index (κ2) is 17.6. The summed E-state index contributed by atoms with van der Waals surface area (Å²) in [6.07, 6.45) is 15.2. The van der Waals surface area contributed by atoms with E-state index in [2.05, 4.69) is 50.8 Å². The zero-order chi connectivity index (χ0) is 26.9. The number of nitrogens with zero attached hydrogens (tertiary/aromatic N) is 5. The molecule has 1 amide bonds. The lowest BCUT2D eigenvalue weighted by atomic mass is 10.1. The van der Waals surface area contributed by atoms with E-state index in [0.29, 0.717) is 27.6 Å². The van der Waals surface area contributed by atoms with Gasteiger partial charge < -0.3 is 10.2 Å². The Kier molecular flexibility index (Phi) is 14.5. The molecule has 1 heterocycles. The highest BCUT2D eigenvalue weighted by Gasteiger charge is 2.13. The van der Waals surface area contributed by atoms with Gasteiger partial charge in [0.05, 0.1) is 11.4 Å². The van der Waals surface area contributed by atoms with Crippen LogP contribution in [0.3, 0.4) is 0 Å². The standard InChI is InChI=1S/C29H44N6OS/c1-5-7-9-11-13-15-19-35(20-16-14-12-10-8-6-2)25-17-18-27(28(21-25)31-24(4)36)32-33-29-26(22-30)23(3)34-37-29/h17-18,21H,5-16,19-20H2,1-4H3,(H,31,36)/b33-32+. The zero-order valence-electron chi connectivity index (χ0n) is 23.2. The van der Waals surface area contributed by atoms with Gasteiger partial charge in [0.25, 0.3) is 0 Å². The van der Waals surface area contributed by atoms with Gasteiger partial charge in [0.1, 0.15) is 17.3 Å². The third kappa shape index (κ3) is 11.0. The van der Waals surface area contributed by atoms with Crippen LogP contribution in [0, 0.1) is 18.3 Å². The van der Waals surface area contributed by atoms with Gasteiger partial charge in [-0.2, -0.15) is 9.64 Å². The van der Waals surface area contributed by atoms with Crippen molar-refractivity contribution in [1.82, 2.24) is 4.37 Å². The third-order valence-corrected chi connectivity index (χ3v) is 7.25. The minimum atomic E-state index is -0.154. The van der Waals surface area contributed by atoms with Crippen molar-refractivity contribution in [3.8, 4) is 6.07 Å². The van der Waals surface area contributed by atoms with Gasteiger partial charge in [-0.1, -0.05) is 78.1 Å². The number of aromatic nitrogens is 1. The number of nitriles is 1. The zero-order valence-corrected chi connectivity index (χ0v) is 24.0. The van der Waals surface area contributed by atoms with Crippen LogP contribution in [-0.4, -0.2) is 23.4 Å². The van der Waals surface area contributed by atoms with Crippen LogP contribution in [0.15, 0.2) is 28.4 Å². The van der Waals surface area contributed by atoms with Crippen molar-refractivity contribution in [1.29, 1.82) is 5.26 Å². The van der Waals surface area contributed by atoms with Crippen LogP contribution in [0.1, 0.15) is 109 Å². The first-order valence-corrected chi connectivity index (χ1v) is 14.7. The Bertz CT molecular complexity index is 1010. The minimum Gasteiger partial charge on any atom is -0.371 e. The van der Waals surface area contributed by atoms with Crippen LogP contribution in [0.25, 0.3) is 0 Å². The maximum absolute atomic E-state index is 12.0. The van der Waals surface area contributed by atoms with Crippen molar-refractivity contribution >= 4 is 39.5 Å². The highest BCUT2D eigenvalue weighted by molar-refractivity contribution is 7.10. The molecular weight excluding hydrogens is 480 g/mol. The van der Waals surface area contributed by atoms with Crippen LogP contribution in [-0.2, 0) is 4.79 Å². The van der Waals surface area contributed by atoms with Gasteiger partial charge in [0, 0.05) is 25.7 Å². The highest BCUT2D eigenvalue weighted by atomic mass is 32.1. The van der Waals surface area contributed by atoms with E-state index < -0.39 is 0 Å². The number of hydrogen-bond acceptors (Lipinski definition) is 7. The number of rotatable bonds is 18. The number of amides is 1. The molecule has 2 aromatic rings. The summed E-state index contributed by atoms with van der Waals surface area (Å²) in [5, 5.41) is 21.4. The number of hydrogen-bond donors (Lipinski definition) is 1. The molecule has 0 saturated carbocycles. The van der Waals surface area contributed by atoms with E-state index in [1.165, 1.54) is 71.1 Å². The molecule has 0 fully saturated rings. The number of unbranched alkanes of at least 4 members (excludes halogenated alkanes) is 10. The van der Waals surface area contributed by atoms with Crippen molar-refractivity contribution in [2.75, 3.05) is 23.3 Å². The van der Waals surface area contributed by atoms with E-state index in [4.69, 9.17) is 0 Å². The maximum Gasteiger partial charge on any atom is 0.221 e. The first-order chi connectivity index (χ1) is 18.0. The summed E-state index contributed by atoms with van der Waals surface area (Å²) in [7, 11) is 0. The average Bonchev–Trinajstić information content (AvgIpc) is 3.24. The predicted octanol–water partition coefficient (Wildman–Crippen LogP) is 9.22. The predicted molar refractivity (Wildman–Crippen MR) is 155 cm³/mol. The Hall–Kier alpha value is -2.79. The summed E-state index contributed by atoms with van der Waals surface area (Å²) >= 11 is 1.15. The summed E-state index contributed by atoms with van der Waals surface area (Å²) in [6, 6.07) is 8.12.